The first kappa shape index (κ1) is 25.2. The number of likely N-dealkylation sites (N-methyl/N-ethyl adjacent to an activating group) is 1. The highest BCUT2D eigenvalue weighted by atomic mass is 16.5. The molecule has 0 aromatic heterocycles. The molecule has 0 aliphatic carbocycles. The maximum atomic E-state index is 13.5. The van der Waals surface area contributed by atoms with Gasteiger partial charge in [0.05, 0.1) is 0 Å². The summed E-state index contributed by atoms with van der Waals surface area (Å²) in [7, 11) is 0. The molecule has 1 saturated heterocycles. The topological polar surface area (TPSA) is 93.5 Å². The number of rotatable bonds is 8. The van der Waals surface area contributed by atoms with Gasteiger partial charge in [-0.2, -0.15) is 0 Å². The molecule has 0 atom stereocenters. The number of hydrogen-bond acceptors (Lipinski definition) is 6. The lowest BCUT2D eigenvalue weighted by Crippen LogP contribution is -2.83. The summed E-state index contributed by atoms with van der Waals surface area (Å²) in [5, 5.41) is 19.3. The number of nitrogens with one attached hydrogen (secondary N) is 1. The van der Waals surface area contributed by atoms with E-state index in [4.69, 9.17) is 10.1 Å². The Morgan fingerprint density at radius 1 is 0.944 bits per heavy atom. The van der Waals surface area contributed by atoms with Crippen LogP contribution >= 0.6 is 0 Å². The van der Waals surface area contributed by atoms with Crippen LogP contribution < -0.4 is 10.1 Å². The predicted octanol–water partition coefficient (Wildman–Crippen LogP) is 3.67. The molecule has 3 aromatic carbocycles. The summed E-state index contributed by atoms with van der Waals surface area (Å²) in [5.74, 6) is 0.603. The third-order valence-corrected chi connectivity index (χ3v) is 6.40. The molecule has 1 amide bonds. The summed E-state index contributed by atoms with van der Waals surface area (Å²) >= 11 is 0. The fourth-order valence-electron chi connectivity index (χ4n) is 4.20. The van der Waals surface area contributed by atoms with E-state index in [1.807, 2.05) is 67.6 Å². The Kier molecular flexibility index (Phi) is 8.15. The van der Waals surface area contributed by atoms with E-state index in [1.54, 1.807) is 17.4 Å². The molecule has 186 valence electrons. The molecular weight excluding hydrogens is 452 g/mol. The van der Waals surface area contributed by atoms with Crippen molar-refractivity contribution in [1.82, 2.24) is 9.80 Å². The molecule has 0 radical (unpaired) electrons. The number of amides is 1. The SMILES string of the molecule is CCN1CCN(/C(C=N)=C(\Oc2ccc(-c3ccc(O)cc3)cc2)C(=O)[NH2+]c2ccc(C)cc2)CC1. The fraction of sp³-hybridized carbons (Fsp3) is 0.241. The predicted molar refractivity (Wildman–Crippen MR) is 141 cm³/mol. The van der Waals surface area contributed by atoms with Crippen LogP contribution in [-0.2, 0) is 4.79 Å². The number of phenols is 1. The summed E-state index contributed by atoms with van der Waals surface area (Å²) in [6.45, 7) is 8.32. The van der Waals surface area contributed by atoms with Crippen molar-refractivity contribution in [2.45, 2.75) is 13.8 Å². The highest BCUT2D eigenvalue weighted by Gasteiger charge is 2.27. The summed E-state index contributed by atoms with van der Waals surface area (Å²) in [5.41, 5.74) is 4.33. The maximum absolute atomic E-state index is 13.5. The summed E-state index contributed by atoms with van der Waals surface area (Å²) < 4.78 is 6.19. The van der Waals surface area contributed by atoms with Crippen molar-refractivity contribution < 1.29 is 20.0 Å². The number of allylic oxidation sites excluding steroid dienone is 1. The average molecular weight is 486 g/mol. The molecule has 0 bridgehead atoms. The van der Waals surface area contributed by atoms with E-state index in [2.05, 4.69) is 16.7 Å². The first-order valence-corrected chi connectivity index (χ1v) is 12.2. The second-order valence-corrected chi connectivity index (χ2v) is 8.87. The van der Waals surface area contributed by atoms with Gasteiger partial charge in [-0.1, -0.05) is 48.9 Å². The fourth-order valence-corrected chi connectivity index (χ4v) is 4.20. The largest absolute Gasteiger partial charge is 0.508 e. The van der Waals surface area contributed by atoms with Crippen LogP contribution in [0.4, 0.5) is 5.69 Å². The Hall–Kier alpha value is -3.94. The minimum atomic E-state index is -0.280. The second-order valence-electron chi connectivity index (χ2n) is 8.87. The number of piperazine rings is 1. The van der Waals surface area contributed by atoms with E-state index < -0.39 is 0 Å². The van der Waals surface area contributed by atoms with Gasteiger partial charge in [-0.25, -0.2) is 10.1 Å². The van der Waals surface area contributed by atoms with Crippen LogP contribution in [0.5, 0.6) is 11.5 Å². The Bertz CT molecular complexity index is 1210. The standard InChI is InChI=1S/C29H32N4O3/c1-3-32-16-18-33(19-17-32)27(20-30)28(29(35)31-24-10-4-21(2)5-11-24)36-26-14-8-23(9-15-26)22-6-12-25(34)13-7-22/h4-15,20,30,34H,3,16-19H2,1-2H3,(H,31,35)/p+1/b28-27-,30-20?. The Labute approximate surface area is 212 Å². The third kappa shape index (κ3) is 6.19. The van der Waals surface area contributed by atoms with Gasteiger partial charge in [0, 0.05) is 32.4 Å². The number of ether oxygens (including phenoxy) is 1. The number of quaternary nitrogens is 1. The lowest BCUT2D eigenvalue weighted by atomic mass is 10.1. The number of nitrogens with zero attached hydrogens (tertiary/aromatic N) is 2. The zero-order valence-corrected chi connectivity index (χ0v) is 20.8. The van der Waals surface area contributed by atoms with Crippen molar-refractivity contribution in [1.29, 1.82) is 5.41 Å². The molecule has 36 heavy (non-hydrogen) atoms. The van der Waals surface area contributed by atoms with Gasteiger partial charge in [-0.15, -0.1) is 0 Å². The van der Waals surface area contributed by atoms with Crippen LogP contribution in [-0.4, -0.2) is 59.8 Å². The maximum Gasteiger partial charge on any atom is 0.385 e. The quantitative estimate of drug-likeness (QED) is 0.196. The number of phenolic OH excluding ortho intramolecular Hbond substituents is 1. The van der Waals surface area contributed by atoms with Crippen molar-refractivity contribution in [2.75, 3.05) is 32.7 Å². The van der Waals surface area contributed by atoms with E-state index in [9.17, 15) is 9.90 Å². The molecule has 1 fully saturated rings. The molecule has 1 heterocycles. The Morgan fingerprint density at radius 3 is 2.08 bits per heavy atom. The summed E-state index contributed by atoms with van der Waals surface area (Å²) in [4.78, 5) is 17.9. The van der Waals surface area contributed by atoms with E-state index in [1.165, 1.54) is 6.21 Å². The molecule has 0 saturated carbocycles. The minimum absolute atomic E-state index is 0.146. The molecule has 4 N–H and O–H groups in total. The highest BCUT2D eigenvalue weighted by molar-refractivity contribution is 5.93. The van der Waals surface area contributed by atoms with Crippen molar-refractivity contribution in [3.63, 3.8) is 0 Å². The Morgan fingerprint density at radius 2 is 1.53 bits per heavy atom. The first-order chi connectivity index (χ1) is 17.5. The summed E-state index contributed by atoms with van der Waals surface area (Å²) in [6.07, 6.45) is 1.22. The number of aryl methyl sites for hydroxylation is 1. The molecule has 0 unspecified atom stereocenters. The minimum Gasteiger partial charge on any atom is -0.508 e. The molecule has 4 rings (SSSR count). The van der Waals surface area contributed by atoms with Crippen LogP contribution in [0.2, 0.25) is 0 Å². The highest BCUT2D eigenvalue weighted by Crippen LogP contribution is 2.26. The van der Waals surface area contributed by atoms with E-state index in [0.29, 0.717) is 11.4 Å². The molecule has 1 aliphatic rings. The van der Waals surface area contributed by atoms with Gasteiger partial charge < -0.3 is 25.1 Å². The van der Waals surface area contributed by atoms with Gasteiger partial charge in [0.25, 0.3) is 5.76 Å². The zero-order chi connectivity index (χ0) is 25.5. The van der Waals surface area contributed by atoms with E-state index >= 15 is 0 Å². The number of benzene rings is 3. The lowest BCUT2D eigenvalue weighted by Gasteiger charge is -2.36. The third-order valence-electron chi connectivity index (χ3n) is 6.40. The van der Waals surface area contributed by atoms with Gasteiger partial charge >= 0.3 is 5.91 Å². The molecule has 3 aromatic rings. The lowest BCUT2D eigenvalue weighted by molar-refractivity contribution is -0.481. The van der Waals surface area contributed by atoms with E-state index in [-0.39, 0.29) is 17.4 Å². The van der Waals surface area contributed by atoms with Crippen LogP contribution in [0.1, 0.15) is 12.5 Å². The van der Waals surface area contributed by atoms with Crippen LogP contribution in [0.3, 0.4) is 0 Å². The second kappa shape index (κ2) is 11.7. The van der Waals surface area contributed by atoms with E-state index in [0.717, 1.165) is 55.1 Å². The number of hydrogen-bond donors (Lipinski definition) is 3. The van der Waals surface area contributed by atoms with Gasteiger partial charge in [0.2, 0.25) is 0 Å². The number of aromatic hydroxyl groups is 1. The number of primary amides is 1. The van der Waals surface area contributed by atoms with Crippen LogP contribution in [0.15, 0.2) is 84.3 Å². The average Bonchev–Trinajstić information content (AvgIpc) is 2.91. The Balaban J connectivity index is 1.62. The molecular formula is C29H33N4O3+. The van der Waals surface area contributed by atoms with Crippen molar-refractivity contribution >= 4 is 17.8 Å². The molecule has 0 spiro atoms. The molecule has 7 nitrogen and oxygen atoms in total. The zero-order valence-electron chi connectivity index (χ0n) is 20.8. The number of carbonyl (C=O) groups is 1. The van der Waals surface area contributed by atoms with Crippen molar-refractivity contribution in [2.24, 2.45) is 0 Å². The van der Waals surface area contributed by atoms with Crippen LogP contribution in [0.25, 0.3) is 11.1 Å². The summed E-state index contributed by atoms with van der Waals surface area (Å²) in [6, 6.07) is 22.2. The van der Waals surface area contributed by atoms with Gasteiger partial charge in [-0.3, -0.25) is 0 Å². The smallest absolute Gasteiger partial charge is 0.385 e. The molecule has 7 heteroatoms. The number of nitrogens with two attached hydrogens (primary N) is 1. The van der Waals surface area contributed by atoms with Gasteiger partial charge in [0.1, 0.15) is 22.9 Å². The van der Waals surface area contributed by atoms with Crippen molar-refractivity contribution in [3.05, 3.63) is 89.8 Å². The normalized spacial score (nSPS) is 14.8. The van der Waals surface area contributed by atoms with Gasteiger partial charge in [-0.05, 0) is 61.0 Å². The van der Waals surface area contributed by atoms with Crippen molar-refractivity contribution in [3.8, 4) is 22.6 Å². The van der Waals surface area contributed by atoms with Crippen LogP contribution in [0, 0.1) is 12.3 Å². The number of carbonyl (C=O) groups excluding carboxylic acids is 1. The monoisotopic (exact) mass is 485 g/mol. The first-order valence-electron chi connectivity index (χ1n) is 12.2. The molecule has 1 aliphatic heterocycles. The van der Waals surface area contributed by atoms with Gasteiger partial charge in [0.15, 0.2) is 0 Å².